The van der Waals surface area contributed by atoms with Gasteiger partial charge >= 0.3 is 0 Å². The summed E-state index contributed by atoms with van der Waals surface area (Å²) in [5.74, 6) is 0.442. The van der Waals surface area contributed by atoms with Crippen LogP contribution < -0.4 is 16.0 Å². The first kappa shape index (κ1) is 23.5. The average Bonchev–Trinajstić information content (AvgIpc) is 3.15. The number of amides is 2. The average molecular weight is 454 g/mol. The van der Waals surface area contributed by atoms with E-state index >= 15 is 0 Å². The molecule has 1 aromatic heterocycles. The molecule has 8 nitrogen and oxygen atoms in total. The Morgan fingerprint density at radius 3 is 2.38 bits per heavy atom. The second-order valence-electron chi connectivity index (χ2n) is 7.73. The molecule has 2 amide bonds. The molecule has 1 heterocycles. The number of rotatable bonds is 10. The van der Waals surface area contributed by atoms with Gasteiger partial charge in [-0.3, -0.25) is 14.2 Å². The van der Waals surface area contributed by atoms with Crippen LogP contribution in [-0.2, 0) is 11.3 Å². The van der Waals surface area contributed by atoms with E-state index in [1.165, 1.54) is 16.7 Å². The van der Waals surface area contributed by atoms with Crippen LogP contribution in [0.25, 0.3) is 0 Å². The van der Waals surface area contributed by atoms with Gasteiger partial charge in [-0.25, -0.2) is 0 Å². The van der Waals surface area contributed by atoms with Crippen molar-refractivity contribution in [2.45, 2.75) is 31.1 Å². The van der Waals surface area contributed by atoms with Crippen LogP contribution >= 0.6 is 11.8 Å². The molecule has 0 aliphatic heterocycles. The summed E-state index contributed by atoms with van der Waals surface area (Å²) >= 11 is 1.36. The Bertz CT molecular complexity index is 1050. The lowest BCUT2D eigenvalue weighted by atomic mass is 10.2. The second-order valence-corrected chi connectivity index (χ2v) is 8.67. The van der Waals surface area contributed by atoms with Gasteiger partial charge in [0.2, 0.25) is 11.8 Å². The highest BCUT2D eigenvalue weighted by atomic mass is 32.2. The van der Waals surface area contributed by atoms with Gasteiger partial charge in [-0.05, 0) is 29.8 Å². The first-order valence-electron chi connectivity index (χ1n) is 10.5. The van der Waals surface area contributed by atoms with Crippen molar-refractivity contribution in [3.8, 4) is 0 Å². The number of benzene rings is 2. The number of carbonyl (C=O) groups is 2. The van der Waals surface area contributed by atoms with E-state index in [4.69, 9.17) is 5.73 Å². The molecule has 0 radical (unpaired) electrons. The minimum atomic E-state index is -0.503. The Labute approximate surface area is 192 Å². The zero-order valence-corrected chi connectivity index (χ0v) is 19.4. The van der Waals surface area contributed by atoms with Gasteiger partial charge in [0, 0.05) is 17.7 Å². The summed E-state index contributed by atoms with van der Waals surface area (Å²) in [5, 5.41) is 12.4. The van der Waals surface area contributed by atoms with E-state index in [9.17, 15) is 9.59 Å². The minimum absolute atomic E-state index is 0.164. The van der Waals surface area contributed by atoms with Crippen molar-refractivity contribution in [2.75, 3.05) is 25.2 Å². The number of hydrogen-bond donors (Lipinski definition) is 3. The fourth-order valence-corrected chi connectivity index (χ4v) is 4.22. The number of carbonyl (C=O) groups excluding carboxylic acids is 2. The molecular formula is C23H29N6O2S+. The SMILES string of the molecule is CCC(c1nnc(SCC(=O)Nc2ccc(C(N)=O)cc2)n1Cc1ccccc1)[NH+](C)C. The molecule has 32 heavy (non-hydrogen) atoms. The lowest BCUT2D eigenvalue weighted by Gasteiger charge is -2.20. The zero-order valence-electron chi connectivity index (χ0n) is 18.5. The summed E-state index contributed by atoms with van der Waals surface area (Å²) in [5.41, 5.74) is 7.40. The van der Waals surface area contributed by atoms with Gasteiger partial charge in [0.1, 0.15) is 6.04 Å². The molecule has 1 atom stereocenters. The Kier molecular flexibility index (Phi) is 8.02. The Morgan fingerprint density at radius 1 is 1.09 bits per heavy atom. The van der Waals surface area contributed by atoms with Crippen LogP contribution in [-0.4, -0.2) is 46.4 Å². The number of nitrogens with one attached hydrogen (secondary N) is 2. The number of nitrogens with two attached hydrogens (primary N) is 1. The fraction of sp³-hybridized carbons (Fsp3) is 0.304. The van der Waals surface area contributed by atoms with E-state index in [-0.39, 0.29) is 17.7 Å². The molecule has 2 aromatic carbocycles. The predicted molar refractivity (Wildman–Crippen MR) is 126 cm³/mol. The third-order valence-corrected chi connectivity index (χ3v) is 6.10. The number of aromatic nitrogens is 3. The highest BCUT2D eigenvalue weighted by Crippen LogP contribution is 2.23. The lowest BCUT2D eigenvalue weighted by molar-refractivity contribution is -0.893. The van der Waals surface area contributed by atoms with Crippen LogP contribution in [0.3, 0.4) is 0 Å². The fourth-order valence-electron chi connectivity index (χ4n) is 3.47. The topological polar surface area (TPSA) is 107 Å². The van der Waals surface area contributed by atoms with Crippen LogP contribution in [0.15, 0.2) is 59.8 Å². The number of primary amides is 1. The molecule has 9 heteroatoms. The zero-order chi connectivity index (χ0) is 23.1. The van der Waals surface area contributed by atoms with E-state index in [1.54, 1.807) is 24.3 Å². The summed E-state index contributed by atoms with van der Waals surface area (Å²) < 4.78 is 2.11. The number of nitrogens with zero attached hydrogens (tertiary/aromatic N) is 3. The third-order valence-electron chi connectivity index (χ3n) is 5.13. The number of anilines is 1. The van der Waals surface area contributed by atoms with E-state index in [0.717, 1.165) is 17.8 Å². The van der Waals surface area contributed by atoms with Gasteiger partial charge in [-0.2, -0.15) is 0 Å². The molecule has 4 N–H and O–H groups in total. The van der Waals surface area contributed by atoms with E-state index in [1.807, 2.05) is 18.2 Å². The van der Waals surface area contributed by atoms with Crippen molar-refractivity contribution in [3.05, 3.63) is 71.5 Å². The van der Waals surface area contributed by atoms with E-state index < -0.39 is 5.91 Å². The molecule has 0 bridgehead atoms. The highest BCUT2D eigenvalue weighted by Gasteiger charge is 2.25. The number of thioether (sulfide) groups is 1. The molecule has 0 saturated heterocycles. The standard InChI is InChI=1S/C23H28N6O2S/c1-4-19(28(2)3)22-26-27-23(29(22)14-16-8-6-5-7-9-16)32-15-20(30)25-18-12-10-17(11-13-18)21(24)31/h5-13,19H,4,14-15H2,1-3H3,(H2,24,31)(H,25,30)/p+1. The van der Waals surface area contributed by atoms with Gasteiger partial charge in [-0.15, -0.1) is 10.2 Å². The molecule has 3 rings (SSSR count). The molecular weight excluding hydrogens is 424 g/mol. The Hall–Kier alpha value is -3.17. The van der Waals surface area contributed by atoms with Crippen molar-refractivity contribution in [1.29, 1.82) is 0 Å². The van der Waals surface area contributed by atoms with Gasteiger partial charge in [0.15, 0.2) is 11.0 Å². The molecule has 0 saturated carbocycles. The van der Waals surface area contributed by atoms with Crippen LogP contribution in [0.2, 0.25) is 0 Å². The summed E-state index contributed by atoms with van der Waals surface area (Å²) in [6.07, 6.45) is 0.932. The van der Waals surface area contributed by atoms with Gasteiger partial charge < -0.3 is 16.0 Å². The van der Waals surface area contributed by atoms with Crippen LogP contribution in [0, 0.1) is 0 Å². The van der Waals surface area contributed by atoms with Crippen molar-refractivity contribution < 1.29 is 14.5 Å². The summed E-state index contributed by atoms with van der Waals surface area (Å²) in [6, 6.07) is 16.9. The molecule has 168 valence electrons. The summed E-state index contributed by atoms with van der Waals surface area (Å²) in [4.78, 5) is 25.0. The lowest BCUT2D eigenvalue weighted by Crippen LogP contribution is -3.06. The largest absolute Gasteiger partial charge is 0.366 e. The smallest absolute Gasteiger partial charge is 0.248 e. The maximum atomic E-state index is 12.5. The Morgan fingerprint density at radius 2 is 1.78 bits per heavy atom. The first-order valence-corrected chi connectivity index (χ1v) is 11.5. The Balaban J connectivity index is 1.74. The highest BCUT2D eigenvalue weighted by molar-refractivity contribution is 7.99. The molecule has 0 fully saturated rings. The van der Waals surface area contributed by atoms with Gasteiger partial charge in [-0.1, -0.05) is 49.0 Å². The van der Waals surface area contributed by atoms with E-state index in [2.05, 4.69) is 53.2 Å². The maximum Gasteiger partial charge on any atom is 0.248 e. The van der Waals surface area contributed by atoms with Crippen LogP contribution in [0.5, 0.6) is 0 Å². The second kappa shape index (κ2) is 10.9. The van der Waals surface area contributed by atoms with E-state index in [0.29, 0.717) is 23.0 Å². The first-order chi connectivity index (χ1) is 15.4. The van der Waals surface area contributed by atoms with Crippen LogP contribution in [0.4, 0.5) is 5.69 Å². The summed E-state index contributed by atoms with van der Waals surface area (Å²) in [6.45, 7) is 2.79. The van der Waals surface area contributed by atoms with Gasteiger partial charge in [0.25, 0.3) is 0 Å². The van der Waals surface area contributed by atoms with Crippen molar-refractivity contribution in [1.82, 2.24) is 14.8 Å². The summed E-state index contributed by atoms with van der Waals surface area (Å²) in [7, 11) is 4.22. The molecule has 3 aromatic rings. The third kappa shape index (κ3) is 5.95. The molecule has 0 spiro atoms. The molecule has 0 aliphatic carbocycles. The number of quaternary nitrogens is 1. The predicted octanol–water partition coefficient (Wildman–Crippen LogP) is 1.75. The number of hydrogen-bond acceptors (Lipinski definition) is 5. The maximum absolute atomic E-state index is 12.5. The van der Waals surface area contributed by atoms with Crippen molar-refractivity contribution in [2.24, 2.45) is 5.73 Å². The van der Waals surface area contributed by atoms with Gasteiger partial charge in [0.05, 0.1) is 26.4 Å². The normalized spacial score (nSPS) is 12.0. The van der Waals surface area contributed by atoms with Crippen LogP contribution in [0.1, 0.15) is 41.1 Å². The quantitative estimate of drug-likeness (QED) is 0.406. The molecule has 1 unspecified atom stereocenters. The minimum Gasteiger partial charge on any atom is -0.366 e. The van der Waals surface area contributed by atoms with Crippen molar-refractivity contribution in [3.63, 3.8) is 0 Å². The molecule has 0 aliphatic rings. The van der Waals surface area contributed by atoms with Crippen molar-refractivity contribution >= 4 is 29.3 Å². The monoisotopic (exact) mass is 453 g/mol.